The molecule has 1 aliphatic rings. The van der Waals surface area contributed by atoms with Crippen LogP contribution in [0.4, 0.5) is 4.39 Å². The number of hydrazone groups is 1. The van der Waals surface area contributed by atoms with Crippen molar-refractivity contribution >= 4 is 17.5 Å². The quantitative estimate of drug-likeness (QED) is 0.511. The van der Waals surface area contributed by atoms with E-state index in [0.29, 0.717) is 12.2 Å². The zero-order chi connectivity index (χ0) is 24.9. The number of nitrogens with zero attached hydrogens (tertiary/aromatic N) is 3. The summed E-state index contributed by atoms with van der Waals surface area (Å²) < 4.78 is 24.1. The summed E-state index contributed by atoms with van der Waals surface area (Å²) in [4.78, 5) is 27.4. The first kappa shape index (κ1) is 23.9. The van der Waals surface area contributed by atoms with E-state index < -0.39 is 11.7 Å². The minimum atomic E-state index is -0.511. The van der Waals surface area contributed by atoms with Crippen molar-refractivity contribution in [3.8, 4) is 11.5 Å². The third-order valence-electron chi connectivity index (χ3n) is 5.88. The first-order valence-corrected chi connectivity index (χ1v) is 11.1. The van der Waals surface area contributed by atoms with E-state index in [1.807, 2.05) is 48.5 Å². The molecular formula is C27H26FN3O4. The molecular weight excluding hydrogens is 449 g/mol. The number of hydrogen-bond acceptors (Lipinski definition) is 5. The molecule has 0 saturated carbocycles. The zero-order valence-corrected chi connectivity index (χ0v) is 19.8. The van der Waals surface area contributed by atoms with Crippen molar-refractivity contribution in [2.24, 2.45) is 5.10 Å². The Morgan fingerprint density at radius 1 is 1.00 bits per heavy atom. The van der Waals surface area contributed by atoms with Gasteiger partial charge >= 0.3 is 0 Å². The van der Waals surface area contributed by atoms with Crippen LogP contribution < -0.4 is 9.47 Å². The number of benzene rings is 3. The standard InChI is InChI=1S/C27H26FN3O4/c1-30(27(33)20-5-4-6-21(28)15-20)17-26(32)31-25(19-9-13-23(35-3)14-10-19)16-24(29-31)18-7-11-22(34-2)12-8-18/h4-15,25H,16-17H2,1-3H3/t25-/m0/s1. The van der Waals surface area contributed by atoms with Crippen LogP contribution in [0, 0.1) is 5.82 Å². The van der Waals surface area contributed by atoms with Gasteiger partial charge < -0.3 is 14.4 Å². The number of carbonyl (C=O) groups excluding carboxylic acids is 2. The molecule has 0 N–H and O–H groups in total. The molecule has 180 valence electrons. The summed E-state index contributed by atoms with van der Waals surface area (Å²) in [6, 6.07) is 20.0. The second kappa shape index (κ2) is 10.4. The predicted octanol–water partition coefficient (Wildman–Crippen LogP) is 4.29. The van der Waals surface area contributed by atoms with E-state index in [-0.39, 0.29) is 24.1 Å². The summed E-state index contributed by atoms with van der Waals surface area (Å²) in [6.45, 7) is -0.207. The van der Waals surface area contributed by atoms with Crippen LogP contribution in [0.3, 0.4) is 0 Å². The molecule has 1 heterocycles. The monoisotopic (exact) mass is 475 g/mol. The summed E-state index contributed by atoms with van der Waals surface area (Å²) in [5.74, 6) is 0.133. The van der Waals surface area contributed by atoms with Crippen LogP contribution in [-0.4, -0.2) is 55.2 Å². The molecule has 0 aromatic heterocycles. The molecule has 2 amide bonds. The van der Waals surface area contributed by atoms with E-state index in [4.69, 9.17) is 9.47 Å². The van der Waals surface area contributed by atoms with Gasteiger partial charge in [0.1, 0.15) is 23.9 Å². The molecule has 0 fully saturated rings. The molecule has 1 atom stereocenters. The van der Waals surface area contributed by atoms with E-state index in [2.05, 4.69) is 5.10 Å². The maximum atomic E-state index is 13.6. The van der Waals surface area contributed by atoms with Gasteiger partial charge in [0.2, 0.25) is 0 Å². The number of amides is 2. The Morgan fingerprint density at radius 3 is 2.23 bits per heavy atom. The van der Waals surface area contributed by atoms with Gasteiger partial charge in [-0.1, -0.05) is 18.2 Å². The predicted molar refractivity (Wildman–Crippen MR) is 130 cm³/mol. The van der Waals surface area contributed by atoms with Crippen molar-refractivity contribution in [3.05, 3.63) is 95.3 Å². The van der Waals surface area contributed by atoms with Crippen LogP contribution in [0.25, 0.3) is 0 Å². The maximum Gasteiger partial charge on any atom is 0.262 e. The van der Waals surface area contributed by atoms with E-state index >= 15 is 0 Å². The number of halogens is 1. The molecule has 7 nitrogen and oxygen atoms in total. The molecule has 0 unspecified atom stereocenters. The normalized spacial score (nSPS) is 14.9. The molecule has 8 heteroatoms. The van der Waals surface area contributed by atoms with E-state index in [1.165, 1.54) is 35.2 Å². The van der Waals surface area contributed by atoms with Crippen molar-refractivity contribution < 1.29 is 23.5 Å². The fraction of sp³-hybridized carbons (Fsp3) is 0.222. The Balaban J connectivity index is 1.59. The number of ether oxygens (including phenoxy) is 2. The third kappa shape index (κ3) is 5.32. The Morgan fingerprint density at radius 2 is 1.63 bits per heavy atom. The summed E-state index contributed by atoms with van der Waals surface area (Å²) in [5, 5.41) is 6.07. The number of hydrogen-bond donors (Lipinski definition) is 0. The van der Waals surface area contributed by atoms with E-state index in [9.17, 15) is 14.0 Å². The minimum absolute atomic E-state index is 0.177. The SMILES string of the molecule is COc1ccc(C2=NN(C(=O)CN(C)C(=O)c3cccc(F)c3)[C@H](c3ccc(OC)cc3)C2)cc1. The molecule has 35 heavy (non-hydrogen) atoms. The van der Waals surface area contributed by atoms with Crippen LogP contribution >= 0.6 is 0 Å². The first-order chi connectivity index (χ1) is 16.9. The summed E-state index contributed by atoms with van der Waals surface area (Å²) in [6.07, 6.45) is 0.506. The van der Waals surface area contributed by atoms with Crippen molar-refractivity contribution in [2.45, 2.75) is 12.5 Å². The topological polar surface area (TPSA) is 71.4 Å². The summed E-state index contributed by atoms with van der Waals surface area (Å²) >= 11 is 0. The summed E-state index contributed by atoms with van der Waals surface area (Å²) in [5.41, 5.74) is 2.70. The highest BCUT2D eigenvalue weighted by molar-refractivity contribution is 6.03. The second-order valence-corrected chi connectivity index (χ2v) is 8.18. The molecule has 1 aliphatic heterocycles. The Hall–Kier alpha value is -4.20. The lowest BCUT2D eigenvalue weighted by molar-refractivity contribution is -0.133. The molecule has 0 saturated heterocycles. The molecule has 3 aromatic carbocycles. The Bertz CT molecular complexity index is 1240. The van der Waals surface area contributed by atoms with Crippen molar-refractivity contribution in [1.29, 1.82) is 0 Å². The van der Waals surface area contributed by atoms with Gasteiger partial charge in [0.05, 0.1) is 26.0 Å². The van der Waals surface area contributed by atoms with Gasteiger partial charge in [-0.15, -0.1) is 0 Å². The fourth-order valence-electron chi connectivity index (χ4n) is 3.97. The van der Waals surface area contributed by atoms with Gasteiger partial charge in [-0.05, 0) is 65.7 Å². The molecule has 4 rings (SSSR count). The smallest absolute Gasteiger partial charge is 0.262 e. The van der Waals surface area contributed by atoms with Gasteiger partial charge in [-0.25, -0.2) is 9.40 Å². The fourth-order valence-corrected chi connectivity index (χ4v) is 3.97. The third-order valence-corrected chi connectivity index (χ3v) is 5.88. The lowest BCUT2D eigenvalue weighted by atomic mass is 9.98. The summed E-state index contributed by atoms with van der Waals surface area (Å²) in [7, 11) is 4.71. The maximum absolute atomic E-state index is 13.6. The lowest BCUT2D eigenvalue weighted by Crippen LogP contribution is -2.39. The van der Waals surface area contributed by atoms with E-state index in [0.717, 1.165) is 28.7 Å². The van der Waals surface area contributed by atoms with Crippen molar-refractivity contribution in [3.63, 3.8) is 0 Å². The number of carbonyl (C=O) groups is 2. The lowest BCUT2D eigenvalue weighted by Gasteiger charge is -2.25. The van der Waals surface area contributed by atoms with Crippen LogP contribution in [0.15, 0.2) is 77.9 Å². The molecule has 3 aromatic rings. The van der Waals surface area contributed by atoms with Gasteiger partial charge in [-0.2, -0.15) is 5.10 Å². The molecule has 0 bridgehead atoms. The highest BCUT2D eigenvalue weighted by Gasteiger charge is 2.34. The molecule has 0 aliphatic carbocycles. The number of rotatable bonds is 7. The van der Waals surface area contributed by atoms with Crippen LogP contribution in [0.5, 0.6) is 11.5 Å². The zero-order valence-electron chi connectivity index (χ0n) is 19.8. The van der Waals surface area contributed by atoms with Crippen molar-refractivity contribution in [1.82, 2.24) is 9.91 Å². The average Bonchev–Trinajstić information content (AvgIpc) is 3.34. The van der Waals surface area contributed by atoms with Crippen LogP contribution in [0.1, 0.15) is 33.9 Å². The first-order valence-electron chi connectivity index (χ1n) is 11.1. The van der Waals surface area contributed by atoms with E-state index in [1.54, 1.807) is 14.2 Å². The highest BCUT2D eigenvalue weighted by Crippen LogP contribution is 2.34. The van der Waals surface area contributed by atoms with Gasteiger partial charge in [0.15, 0.2) is 0 Å². The number of methoxy groups -OCH3 is 2. The highest BCUT2D eigenvalue weighted by atomic mass is 19.1. The molecule has 0 radical (unpaired) electrons. The van der Waals surface area contributed by atoms with Gasteiger partial charge in [0.25, 0.3) is 11.8 Å². The van der Waals surface area contributed by atoms with Gasteiger partial charge in [0, 0.05) is 19.0 Å². The van der Waals surface area contributed by atoms with Gasteiger partial charge in [-0.3, -0.25) is 9.59 Å². The molecule has 0 spiro atoms. The Labute approximate surface area is 203 Å². The number of likely N-dealkylation sites (N-methyl/N-ethyl adjacent to an activating group) is 1. The largest absolute Gasteiger partial charge is 0.497 e. The van der Waals surface area contributed by atoms with Crippen LogP contribution in [0.2, 0.25) is 0 Å². The van der Waals surface area contributed by atoms with Crippen LogP contribution in [-0.2, 0) is 4.79 Å². The Kier molecular flexibility index (Phi) is 7.10. The van der Waals surface area contributed by atoms with Crippen molar-refractivity contribution in [2.75, 3.05) is 27.8 Å². The average molecular weight is 476 g/mol. The second-order valence-electron chi connectivity index (χ2n) is 8.18. The minimum Gasteiger partial charge on any atom is -0.497 e.